The van der Waals surface area contributed by atoms with Gasteiger partial charge >= 0.3 is 0 Å². The Kier molecular flexibility index (Phi) is 5.55. The molecule has 0 aromatic heterocycles. The van der Waals surface area contributed by atoms with Gasteiger partial charge in [0, 0.05) is 26.2 Å². The van der Waals surface area contributed by atoms with Crippen LogP contribution in [-0.4, -0.2) is 48.5 Å². The number of ether oxygens (including phenoxy) is 1. The van der Waals surface area contributed by atoms with Crippen molar-refractivity contribution >= 4 is 5.91 Å². The first kappa shape index (κ1) is 16.3. The lowest BCUT2D eigenvalue weighted by Crippen LogP contribution is -2.43. The molecule has 0 aliphatic carbocycles. The largest absolute Gasteiger partial charge is 0.494 e. The van der Waals surface area contributed by atoms with Crippen molar-refractivity contribution in [3.63, 3.8) is 0 Å². The predicted octanol–water partition coefficient (Wildman–Crippen LogP) is 2.92. The highest BCUT2D eigenvalue weighted by molar-refractivity contribution is 5.79. The van der Waals surface area contributed by atoms with Gasteiger partial charge in [-0.25, -0.2) is 0 Å². The quantitative estimate of drug-likeness (QED) is 0.837. The molecule has 1 aromatic rings. The zero-order chi connectivity index (χ0) is 16.1. The molecule has 0 saturated carbocycles. The Hall–Kier alpha value is -1.55. The van der Waals surface area contributed by atoms with Crippen molar-refractivity contribution in [3.8, 4) is 5.75 Å². The summed E-state index contributed by atoms with van der Waals surface area (Å²) in [5.74, 6) is 1.51. The predicted molar refractivity (Wildman–Crippen MR) is 91.4 cm³/mol. The number of hydrogen-bond acceptors (Lipinski definition) is 3. The number of carbonyl (C=O) groups is 1. The molecule has 1 aromatic carbocycles. The van der Waals surface area contributed by atoms with Crippen LogP contribution in [0.4, 0.5) is 0 Å². The van der Waals surface area contributed by atoms with Gasteiger partial charge in [0.05, 0.1) is 12.5 Å². The van der Waals surface area contributed by atoms with E-state index in [1.807, 2.05) is 19.1 Å². The van der Waals surface area contributed by atoms with E-state index in [1.54, 1.807) is 0 Å². The molecule has 126 valence electrons. The highest BCUT2D eigenvalue weighted by atomic mass is 16.5. The topological polar surface area (TPSA) is 32.8 Å². The molecule has 1 atom stereocenters. The SMILES string of the molecule is CCOc1ccc(CN2CCC[C@H](C(=O)N3CCCC3)C2)cc1. The molecular formula is C19H28N2O2. The summed E-state index contributed by atoms with van der Waals surface area (Å²) in [6.45, 7) is 7.56. The molecule has 4 nitrogen and oxygen atoms in total. The molecule has 1 amide bonds. The lowest BCUT2D eigenvalue weighted by molar-refractivity contribution is -0.136. The van der Waals surface area contributed by atoms with Crippen molar-refractivity contribution in [2.75, 3.05) is 32.8 Å². The fraction of sp³-hybridized carbons (Fsp3) is 0.632. The molecule has 0 bridgehead atoms. The first-order valence-corrected chi connectivity index (χ1v) is 8.99. The Bertz CT molecular complexity index is 509. The van der Waals surface area contributed by atoms with E-state index in [0.717, 1.165) is 51.3 Å². The number of amides is 1. The molecule has 2 fully saturated rings. The zero-order valence-corrected chi connectivity index (χ0v) is 14.2. The number of nitrogens with zero attached hydrogens (tertiary/aromatic N) is 2. The molecule has 3 rings (SSSR count). The number of hydrogen-bond donors (Lipinski definition) is 0. The van der Waals surface area contributed by atoms with Crippen LogP contribution in [0, 0.1) is 5.92 Å². The second-order valence-electron chi connectivity index (χ2n) is 6.68. The third-order valence-corrected chi connectivity index (χ3v) is 4.91. The van der Waals surface area contributed by atoms with Gasteiger partial charge in [-0.1, -0.05) is 12.1 Å². The summed E-state index contributed by atoms with van der Waals surface area (Å²) in [7, 11) is 0. The van der Waals surface area contributed by atoms with Crippen molar-refractivity contribution in [1.82, 2.24) is 9.80 Å². The van der Waals surface area contributed by atoms with E-state index in [4.69, 9.17) is 4.74 Å². The highest BCUT2D eigenvalue weighted by Crippen LogP contribution is 2.23. The maximum atomic E-state index is 12.6. The second-order valence-corrected chi connectivity index (χ2v) is 6.68. The van der Waals surface area contributed by atoms with Gasteiger partial charge < -0.3 is 9.64 Å². The molecular weight excluding hydrogens is 288 g/mol. The molecule has 2 aliphatic rings. The highest BCUT2D eigenvalue weighted by Gasteiger charge is 2.30. The fourth-order valence-corrected chi connectivity index (χ4v) is 3.71. The number of likely N-dealkylation sites (tertiary alicyclic amines) is 2. The third-order valence-electron chi connectivity index (χ3n) is 4.91. The molecule has 2 saturated heterocycles. The first-order valence-electron chi connectivity index (χ1n) is 8.99. The lowest BCUT2D eigenvalue weighted by Gasteiger charge is -2.34. The summed E-state index contributed by atoms with van der Waals surface area (Å²) in [6.07, 6.45) is 4.53. The van der Waals surface area contributed by atoms with Crippen molar-refractivity contribution in [2.24, 2.45) is 5.92 Å². The van der Waals surface area contributed by atoms with E-state index in [9.17, 15) is 4.79 Å². The fourth-order valence-electron chi connectivity index (χ4n) is 3.71. The van der Waals surface area contributed by atoms with E-state index in [0.29, 0.717) is 12.5 Å². The summed E-state index contributed by atoms with van der Waals surface area (Å²) in [6, 6.07) is 8.35. The van der Waals surface area contributed by atoms with Crippen molar-refractivity contribution in [2.45, 2.75) is 39.2 Å². The van der Waals surface area contributed by atoms with Gasteiger partial charge in [-0.3, -0.25) is 9.69 Å². The summed E-state index contributed by atoms with van der Waals surface area (Å²) >= 11 is 0. The van der Waals surface area contributed by atoms with Gasteiger partial charge in [0.1, 0.15) is 5.75 Å². The number of rotatable bonds is 5. The number of carbonyl (C=O) groups excluding carboxylic acids is 1. The van der Waals surface area contributed by atoms with Crippen LogP contribution >= 0.6 is 0 Å². The number of benzene rings is 1. The number of piperidine rings is 1. The molecule has 2 heterocycles. The van der Waals surface area contributed by atoms with Gasteiger partial charge in [0.15, 0.2) is 0 Å². The normalized spacial score (nSPS) is 22.3. The van der Waals surface area contributed by atoms with E-state index in [1.165, 1.54) is 18.4 Å². The van der Waals surface area contributed by atoms with E-state index in [-0.39, 0.29) is 5.92 Å². The lowest BCUT2D eigenvalue weighted by atomic mass is 9.96. The Labute approximate surface area is 139 Å². The summed E-state index contributed by atoms with van der Waals surface area (Å²) in [5, 5.41) is 0. The molecule has 2 aliphatic heterocycles. The van der Waals surface area contributed by atoms with Crippen molar-refractivity contribution in [1.29, 1.82) is 0 Å². The summed E-state index contributed by atoms with van der Waals surface area (Å²) in [5.41, 5.74) is 1.29. The van der Waals surface area contributed by atoms with Gasteiger partial charge in [0.2, 0.25) is 5.91 Å². The molecule has 0 radical (unpaired) electrons. The van der Waals surface area contributed by atoms with Crippen LogP contribution in [0.1, 0.15) is 38.2 Å². The van der Waals surface area contributed by atoms with Crippen LogP contribution < -0.4 is 4.74 Å². The summed E-state index contributed by atoms with van der Waals surface area (Å²) in [4.78, 5) is 17.1. The minimum Gasteiger partial charge on any atom is -0.494 e. The Morgan fingerprint density at radius 3 is 2.57 bits per heavy atom. The van der Waals surface area contributed by atoms with Crippen LogP contribution in [-0.2, 0) is 11.3 Å². The average Bonchev–Trinajstić information content (AvgIpc) is 3.11. The van der Waals surface area contributed by atoms with Crippen molar-refractivity contribution < 1.29 is 9.53 Å². The summed E-state index contributed by atoms with van der Waals surface area (Å²) < 4.78 is 5.49. The van der Waals surface area contributed by atoms with Crippen LogP contribution in [0.2, 0.25) is 0 Å². The van der Waals surface area contributed by atoms with Gasteiger partial charge in [0.25, 0.3) is 0 Å². The zero-order valence-electron chi connectivity index (χ0n) is 14.2. The Morgan fingerprint density at radius 2 is 1.87 bits per heavy atom. The van der Waals surface area contributed by atoms with E-state index in [2.05, 4.69) is 21.9 Å². The third kappa shape index (κ3) is 4.25. The van der Waals surface area contributed by atoms with Crippen LogP contribution in [0.5, 0.6) is 5.75 Å². The minimum absolute atomic E-state index is 0.199. The van der Waals surface area contributed by atoms with Crippen molar-refractivity contribution in [3.05, 3.63) is 29.8 Å². The standard InChI is InChI=1S/C19H28N2O2/c1-2-23-18-9-7-16(8-10-18)14-20-11-5-6-17(15-20)19(22)21-12-3-4-13-21/h7-10,17H,2-6,11-15H2,1H3/t17-/m0/s1. The molecule has 4 heteroatoms. The average molecular weight is 316 g/mol. The Balaban J connectivity index is 1.54. The maximum absolute atomic E-state index is 12.6. The van der Waals surface area contributed by atoms with E-state index < -0.39 is 0 Å². The van der Waals surface area contributed by atoms with Gasteiger partial charge in [-0.2, -0.15) is 0 Å². The minimum atomic E-state index is 0.199. The monoisotopic (exact) mass is 316 g/mol. The molecule has 0 N–H and O–H groups in total. The van der Waals surface area contributed by atoms with Gasteiger partial charge in [-0.15, -0.1) is 0 Å². The van der Waals surface area contributed by atoms with E-state index >= 15 is 0 Å². The Morgan fingerprint density at radius 1 is 1.13 bits per heavy atom. The van der Waals surface area contributed by atoms with Crippen LogP contribution in [0.3, 0.4) is 0 Å². The molecule has 0 unspecified atom stereocenters. The smallest absolute Gasteiger partial charge is 0.226 e. The van der Waals surface area contributed by atoms with Gasteiger partial charge in [-0.05, 0) is 56.8 Å². The maximum Gasteiger partial charge on any atom is 0.226 e. The molecule has 0 spiro atoms. The molecule has 23 heavy (non-hydrogen) atoms. The van der Waals surface area contributed by atoms with Crippen LogP contribution in [0.15, 0.2) is 24.3 Å². The second kappa shape index (κ2) is 7.82. The first-order chi connectivity index (χ1) is 11.3. The van der Waals surface area contributed by atoms with Crippen LogP contribution in [0.25, 0.3) is 0 Å².